The van der Waals surface area contributed by atoms with Gasteiger partial charge in [0.2, 0.25) is 10.0 Å². The van der Waals surface area contributed by atoms with Gasteiger partial charge in [-0.15, -0.1) is 0 Å². The molecule has 0 spiro atoms. The fraction of sp³-hybridized carbons (Fsp3) is 0.300. The molecule has 0 atom stereocenters. The lowest BCUT2D eigenvalue weighted by Crippen LogP contribution is -2.27. The van der Waals surface area contributed by atoms with E-state index in [9.17, 15) is 28.1 Å². The molecule has 1 aliphatic rings. The van der Waals surface area contributed by atoms with Crippen LogP contribution in [0.1, 0.15) is 40.5 Å². The van der Waals surface area contributed by atoms with Crippen molar-refractivity contribution >= 4 is 33.3 Å². The summed E-state index contributed by atoms with van der Waals surface area (Å²) in [5.41, 5.74) is -0.350. The summed E-state index contributed by atoms with van der Waals surface area (Å²) in [5.74, 6) is -1.47. The lowest BCUT2D eigenvalue weighted by atomic mass is 10.1. The van der Waals surface area contributed by atoms with Gasteiger partial charge in [0, 0.05) is 36.5 Å². The third-order valence-corrected chi connectivity index (χ3v) is 6.63. The van der Waals surface area contributed by atoms with E-state index in [2.05, 4.69) is 5.32 Å². The first kappa shape index (κ1) is 22.4. The van der Waals surface area contributed by atoms with E-state index in [0.29, 0.717) is 18.8 Å². The number of amides is 1. The quantitative estimate of drug-likeness (QED) is 0.391. The smallest absolute Gasteiger partial charge is 0.338 e. The second-order valence-corrected chi connectivity index (χ2v) is 8.77. The summed E-state index contributed by atoms with van der Waals surface area (Å²) < 4.78 is 31.4. The van der Waals surface area contributed by atoms with Gasteiger partial charge in [-0.25, -0.2) is 13.2 Å². The largest absolute Gasteiger partial charge is 0.462 e. The minimum atomic E-state index is -3.58. The number of carbonyl (C=O) groups is 2. The zero-order chi connectivity index (χ0) is 22.6. The Kier molecular flexibility index (Phi) is 6.66. The highest BCUT2D eigenvalue weighted by molar-refractivity contribution is 7.89. The fourth-order valence-corrected chi connectivity index (χ4v) is 4.69. The van der Waals surface area contributed by atoms with Gasteiger partial charge in [0.1, 0.15) is 0 Å². The zero-order valence-electron chi connectivity index (χ0n) is 16.7. The van der Waals surface area contributed by atoms with Crippen LogP contribution in [0.25, 0.3) is 0 Å². The molecule has 2 aromatic carbocycles. The van der Waals surface area contributed by atoms with Crippen LogP contribution in [0.5, 0.6) is 0 Å². The van der Waals surface area contributed by atoms with Crippen LogP contribution in [-0.2, 0) is 14.8 Å². The second kappa shape index (κ2) is 9.23. The number of esters is 1. The highest BCUT2D eigenvalue weighted by Crippen LogP contribution is 2.23. The summed E-state index contributed by atoms with van der Waals surface area (Å²) in [4.78, 5) is 35.1. The van der Waals surface area contributed by atoms with Crippen molar-refractivity contribution in [2.24, 2.45) is 0 Å². The molecule has 0 aliphatic carbocycles. The van der Waals surface area contributed by atoms with Gasteiger partial charge < -0.3 is 10.1 Å². The van der Waals surface area contributed by atoms with E-state index >= 15 is 0 Å². The van der Waals surface area contributed by atoms with Crippen LogP contribution < -0.4 is 5.32 Å². The number of carbonyl (C=O) groups excluding carboxylic acids is 2. The van der Waals surface area contributed by atoms with Crippen molar-refractivity contribution in [3.8, 4) is 0 Å². The Bertz CT molecular complexity index is 1110. The maximum absolute atomic E-state index is 12.6. The van der Waals surface area contributed by atoms with Crippen LogP contribution >= 0.6 is 0 Å². The van der Waals surface area contributed by atoms with Crippen LogP contribution in [0.15, 0.2) is 47.4 Å². The summed E-state index contributed by atoms with van der Waals surface area (Å²) >= 11 is 0. The van der Waals surface area contributed by atoms with Gasteiger partial charge in [-0.3, -0.25) is 14.9 Å². The molecule has 1 N–H and O–H groups in total. The van der Waals surface area contributed by atoms with Gasteiger partial charge in [-0.1, -0.05) is 0 Å². The average Bonchev–Trinajstić information content (AvgIpc) is 3.30. The number of nitro groups is 1. The number of hydrogen-bond donors (Lipinski definition) is 1. The average molecular weight is 447 g/mol. The molecule has 0 saturated carbocycles. The van der Waals surface area contributed by atoms with E-state index in [0.717, 1.165) is 25.0 Å². The predicted octanol–water partition coefficient (Wildman–Crippen LogP) is 2.81. The highest BCUT2D eigenvalue weighted by Gasteiger charge is 2.27. The molecule has 1 aliphatic heterocycles. The lowest BCUT2D eigenvalue weighted by molar-refractivity contribution is -0.384. The molecule has 164 valence electrons. The van der Waals surface area contributed by atoms with Crippen molar-refractivity contribution in [1.29, 1.82) is 0 Å². The predicted molar refractivity (Wildman–Crippen MR) is 111 cm³/mol. The molecule has 1 fully saturated rings. The molecule has 0 unspecified atom stereocenters. The third kappa shape index (κ3) is 5.06. The lowest BCUT2D eigenvalue weighted by Gasteiger charge is -2.15. The molecule has 1 amide bonds. The molecule has 10 nitrogen and oxygen atoms in total. The standard InChI is InChI=1S/C20H21N3O7S/c1-2-30-20(25)15-11-14(12-17(13-15)23(26)27)19(24)21-16-5-7-18(8-6-16)31(28,29)22-9-3-4-10-22/h5-8,11-13H,2-4,9-10H2,1H3,(H,21,24). The molecule has 0 bridgehead atoms. The Morgan fingerprint density at radius 3 is 2.29 bits per heavy atom. The molecule has 0 radical (unpaired) electrons. The van der Waals surface area contributed by atoms with Gasteiger partial charge in [0.25, 0.3) is 11.6 Å². The van der Waals surface area contributed by atoms with Crippen LogP contribution in [0.2, 0.25) is 0 Å². The van der Waals surface area contributed by atoms with Crippen LogP contribution in [0.3, 0.4) is 0 Å². The van der Waals surface area contributed by atoms with Crippen molar-refractivity contribution < 1.29 is 27.7 Å². The summed E-state index contributed by atoms with van der Waals surface area (Å²) in [5, 5.41) is 13.7. The number of benzene rings is 2. The molecule has 3 rings (SSSR count). The van der Waals surface area contributed by atoms with Crippen molar-refractivity contribution in [2.75, 3.05) is 25.0 Å². The Labute approximate surface area is 179 Å². The number of nitro benzene ring substituents is 1. The van der Waals surface area contributed by atoms with Crippen LogP contribution in [-0.4, -0.2) is 49.2 Å². The second-order valence-electron chi connectivity index (χ2n) is 6.84. The van der Waals surface area contributed by atoms with Gasteiger partial charge in [0.05, 0.1) is 22.0 Å². The van der Waals surface area contributed by atoms with E-state index in [1.165, 1.54) is 34.6 Å². The number of sulfonamides is 1. The van der Waals surface area contributed by atoms with Gasteiger partial charge in [-0.05, 0) is 50.1 Å². The third-order valence-electron chi connectivity index (χ3n) is 4.72. The first-order valence-electron chi connectivity index (χ1n) is 9.60. The molecule has 0 aromatic heterocycles. The van der Waals surface area contributed by atoms with Crippen LogP contribution in [0, 0.1) is 10.1 Å². The van der Waals surface area contributed by atoms with E-state index < -0.39 is 32.5 Å². The molecule has 1 heterocycles. The summed E-state index contributed by atoms with van der Waals surface area (Å²) in [6, 6.07) is 8.93. The first-order valence-corrected chi connectivity index (χ1v) is 11.0. The van der Waals surface area contributed by atoms with Crippen molar-refractivity contribution in [2.45, 2.75) is 24.7 Å². The van der Waals surface area contributed by atoms with Gasteiger partial charge >= 0.3 is 5.97 Å². The molecule has 11 heteroatoms. The number of nitrogens with one attached hydrogen (secondary N) is 1. The molecule has 2 aromatic rings. The summed E-state index contributed by atoms with van der Waals surface area (Å²) in [6.07, 6.45) is 1.65. The number of anilines is 1. The Morgan fingerprint density at radius 2 is 1.71 bits per heavy atom. The van der Waals surface area contributed by atoms with E-state index in [1.54, 1.807) is 6.92 Å². The maximum atomic E-state index is 12.6. The number of hydrogen-bond acceptors (Lipinski definition) is 7. The normalized spacial score (nSPS) is 14.2. The van der Waals surface area contributed by atoms with E-state index in [-0.39, 0.29) is 22.6 Å². The fourth-order valence-electron chi connectivity index (χ4n) is 3.17. The first-order chi connectivity index (χ1) is 14.7. The summed E-state index contributed by atoms with van der Waals surface area (Å²) in [6.45, 7) is 2.64. The van der Waals surface area contributed by atoms with Crippen LogP contribution in [0.4, 0.5) is 11.4 Å². The highest BCUT2D eigenvalue weighted by atomic mass is 32.2. The number of nitrogens with zero attached hydrogens (tertiary/aromatic N) is 2. The summed E-state index contributed by atoms with van der Waals surface area (Å²) in [7, 11) is -3.58. The maximum Gasteiger partial charge on any atom is 0.338 e. The molecule has 31 heavy (non-hydrogen) atoms. The van der Waals surface area contributed by atoms with Gasteiger partial charge in [-0.2, -0.15) is 4.31 Å². The minimum Gasteiger partial charge on any atom is -0.462 e. The molecular weight excluding hydrogens is 426 g/mol. The Morgan fingerprint density at radius 1 is 1.10 bits per heavy atom. The molecule has 1 saturated heterocycles. The number of rotatable bonds is 7. The Balaban J connectivity index is 1.81. The topological polar surface area (TPSA) is 136 Å². The zero-order valence-corrected chi connectivity index (χ0v) is 17.6. The van der Waals surface area contributed by atoms with E-state index in [1.807, 2.05) is 0 Å². The van der Waals surface area contributed by atoms with Crippen molar-refractivity contribution in [3.63, 3.8) is 0 Å². The monoisotopic (exact) mass is 447 g/mol. The van der Waals surface area contributed by atoms with E-state index in [4.69, 9.17) is 4.74 Å². The number of non-ortho nitro benzene ring substituents is 1. The van der Waals surface area contributed by atoms with Crippen molar-refractivity contribution in [3.05, 3.63) is 63.7 Å². The SMILES string of the molecule is CCOC(=O)c1cc(C(=O)Nc2ccc(S(=O)(=O)N3CCCC3)cc2)cc([N+](=O)[O-])c1. The molecular formula is C20H21N3O7S. The van der Waals surface area contributed by atoms with Gasteiger partial charge in [0.15, 0.2) is 0 Å². The minimum absolute atomic E-state index is 0.0791. The van der Waals surface area contributed by atoms with Crippen molar-refractivity contribution in [1.82, 2.24) is 4.31 Å². The Hall–Kier alpha value is -3.31. The number of ether oxygens (including phenoxy) is 1.